The van der Waals surface area contributed by atoms with Crippen LogP contribution < -0.4 is 5.32 Å². The lowest BCUT2D eigenvalue weighted by molar-refractivity contribution is -0.143. The van der Waals surface area contributed by atoms with Crippen molar-refractivity contribution in [2.24, 2.45) is 0 Å². The van der Waals surface area contributed by atoms with Crippen LogP contribution in [0.3, 0.4) is 0 Å². The molecule has 5 nitrogen and oxygen atoms in total. The number of amides is 2. The molecule has 2 amide bonds. The van der Waals surface area contributed by atoms with Gasteiger partial charge in [0.1, 0.15) is 0 Å². The highest BCUT2D eigenvalue weighted by Crippen LogP contribution is 2.14. The van der Waals surface area contributed by atoms with Gasteiger partial charge in [-0.2, -0.15) is 0 Å². The van der Waals surface area contributed by atoms with Gasteiger partial charge in [-0.15, -0.1) is 0 Å². The van der Waals surface area contributed by atoms with E-state index in [1.54, 1.807) is 4.90 Å². The van der Waals surface area contributed by atoms with Gasteiger partial charge in [-0.1, -0.05) is 6.92 Å². The molecule has 5 heteroatoms. The number of rotatable bonds is 5. The number of nitrogens with zero attached hydrogens (tertiary/aromatic N) is 2. The first-order valence-corrected chi connectivity index (χ1v) is 8.02. The highest BCUT2D eigenvalue weighted by atomic mass is 16.2. The van der Waals surface area contributed by atoms with Gasteiger partial charge in [-0.3, -0.25) is 9.59 Å². The van der Waals surface area contributed by atoms with Crippen molar-refractivity contribution in [1.82, 2.24) is 15.1 Å². The Labute approximate surface area is 121 Å². The summed E-state index contributed by atoms with van der Waals surface area (Å²) in [4.78, 5) is 28.2. The molecular formula is C15H27N3O2. The Morgan fingerprint density at radius 1 is 1.20 bits per heavy atom. The number of hydrogen-bond donors (Lipinski definition) is 1. The number of nitrogens with one attached hydrogen (secondary N) is 1. The summed E-state index contributed by atoms with van der Waals surface area (Å²) >= 11 is 0. The number of carbonyl (C=O) groups is 2. The maximum absolute atomic E-state index is 12.3. The van der Waals surface area contributed by atoms with Crippen molar-refractivity contribution in [1.29, 1.82) is 0 Å². The van der Waals surface area contributed by atoms with Crippen molar-refractivity contribution >= 4 is 11.8 Å². The predicted molar refractivity (Wildman–Crippen MR) is 78.3 cm³/mol. The van der Waals surface area contributed by atoms with E-state index >= 15 is 0 Å². The Hall–Kier alpha value is -1.10. The van der Waals surface area contributed by atoms with Crippen LogP contribution in [0.15, 0.2) is 0 Å². The third-order valence-electron chi connectivity index (χ3n) is 4.21. The molecule has 20 heavy (non-hydrogen) atoms. The predicted octanol–water partition coefficient (Wildman–Crippen LogP) is 0.989. The van der Waals surface area contributed by atoms with Gasteiger partial charge in [-0.25, -0.2) is 0 Å². The highest BCUT2D eigenvalue weighted by Gasteiger charge is 2.30. The normalized spacial score (nSPS) is 24.1. The molecule has 114 valence electrons. The van der Waals surface area contributed by atoms with Gasteiger partial charge in [0.25, 0.3) is 0 Å². The van der Waals surface area contributed by atoms with E-state index in [-0.39, 0.29) is 24.4 Å². The molecule has 1 unspecified atom stereocenters. The second-order valence-electron chi connectivity index (χ2n) is 5.85. The number of piperidine rings is 2. The first-order chi connectivity index (χ1) is 9.72. The summed E-state index contributed by atoms with van der Waals surface area (Å²) in [6.07, 6.45) is 6.32. The number of likely N-dealkylation sites (tertiary alicyclic amines) is 2. The number of carbonyl (C=O) groups excluding carboxylic acids is 2. The standard InChI is InChI=1S/C15H27N3O2/c1-2-8-16-13-7-6-11-18(15(13)20)12-14(19)17-9-4-3-5-10-17/h13,16H,2-12H2,1H3. The van der Waals surface area contributed by atoms with E-state index in [4.69, 9.17) is 0 Å². The lowest BCUT2D eigenvalue weighted by Gasteiger charge is -2.34. The molecule has 2 aliphatic heterocycles. The summed E-state index contributed by atoms with van der Waals surface area (Å²) in [5.41, 5.74) is 0. The Morgan fingerprint density at radius 2 is 1.95 bits per heavy atom. The van der Waals surface area contributed by atoms with Crippen molar-refractivity contribution in [2.45, 2.75) is 51.5 Å². The van der Waals surface area contributed by atoms with Crippen LogP contribution in [-0.4, -0.2) is 60.4 Å². The summed E-state index contributed by atoms with van der Waals surface area (Å²) in [5.74, 6) is 0.226. The van der Waals surface area contributed by atoms with Crippen LogP contribution in [0.5, 0.6) is 0 Å². The van der Waals surface area contributed by atoms with Crippen molar-refractivity contribution < 1.29 is 9.59 Å². The minimum absolute atomic E-state index is 0.0853. The smallest absolute Gasteiger partial charge is 0.242 e. The van der Waals surface area contributed by atoms with Gasteiger partial charge in [0.2, 0.25) is 11.8 Å². The molecule has 0 spiro atoms. The topological polar surface area (TPSA) is 52.7 Å². The average molecular weight is 281 g/mol. The van der Waals surface area contributed by atoms with Gasteiger partial charge in [0.05, 0.1) is 12.6 Å². The summed E-state index contributed by atoms with van der Waals surface area (Å²) in [6, 6.07) is -0.0853. The van der Waals surface area contributed by atoms with Crippen LogP contribution in [-0.2, 0) is 9.59 Å². The fourth-order valence-electron chi connectivity index (χ4n) is 3.01. The Kier molecular flexibility index (Phi) is 5.83. The van der Waals surface area contributed by atoms with E-state index in [0.717, 1.165) is 58.3 Å². The largest absolute Gasteiger partial charge is 0.341 e. The molecule has 1 N–H and O–H groups in total. The molecule has 2 rings (SSSR count). The molecule has 0 aliphatic carbocycles. The summed E-state index contributed by atoms with van der Waals surface area (Å²) in [5, 5.41) is 3.29. The van der Waals surface area contributed by atoms with Gasteiger partial charge in [-0.05, 0) is 45.1 Å². The minimum Gasteiger partial charge on any atom is -0.341 e. The van der Waals surface area contributed by atoms with E-state index in [2.05, 4.69) is 12.2 Å². The quantitative estimate of drug-likeness (QED) is 0.817. The maximum atomic E-state index is 12.3. The van der Waals surface area contributed by atoms with Crippen LogP contribution in [0.2, 0.25) is 0 Å². The molecule has 0 radical (unpaired) electrons. The van der Waals surface area contributed by atoms with E-state index in [1.165, 1.54) is 6.42 Å². The van der Waals surface area contributed by atoms with Crippen LogP contribution >= 0.6 is 0 Å². The van der Waals surface area contributed by atoms with Crippen molar-refractivity contribution in [3.63, 3.8) is 0 Å². The Morgan fingerprint density at radius 3 is 2.65 bits per heavy atom. The Balaban J connectivity index is 1.84. The zero-order chi connectivity index (χ0) is 14.4. The molecule has 0 saturated carbocycles. The van der Waals surface area contributed by atoms with E-state index < -0.39 is 0 Å². The van der Waals surface area contributed by atoms with Crippen LogP contribution in [0.25, 0.3) is 0 Å². The van der Waals surface area contributed by atoms with E-state index in [9.17, 15) is 9.59 Å². The number of hydrogen-bond acceptors (Lipinski definition) is 3. The molecule has 2 heterocycles. The first kappa shape index (κ1) is 15.3. The van der Waals surface area contributed by atoms with E-state index in [0.29, 0.717) is 0 Å². The first-order valence-electron chi connectivity index (χ1n) is 8.02. The highest BCUT2D eigenvalue weighted by molar-refractivity contribution is 5.88. The second kappa shape index (κ2) is 7.62. The van der Waals surface area contributed by atoms with Crippen molar-refractivity contribution in [3.8, 4) is 0 Å². The van der Waals surface area contributed by atoms with E-state index in [1.807, 2.05) is 4.90 Å². The third-order valence-corrected chi connectivity index (χ3v) is 4.21. The molecule has 2 saturated heterocycles. The van der Waals surface area contributed by atoms with Gasteiger partial charge < -0.3 is 15.1 Å². The maximum Gasteiger partial charge on any atom is 0.242 e. The van der Waals surface area contributed by atoms with Crippen LogP contribution in [0, 0.1) is 0 Å². The molecule has 0 aromatic rings. The molecule has 0 aromatic heterocycles. The molecule has 0 bridgehead atoms. The zero-order valence-corrected chi connectivity index (χ0v) is 12.6. The summed E-state index contributed by atoms with van der Waals surface area (Å²) in [7, 11) is 0. The zero-order valence-electron chi connectivity index (χ0n) is 12.6. The van der Waals surface area contributed by atoms with Crippen molar-refractivity contribution in [3.05, 3.63) is 0 Å². The second-order valence-corrected chi connectivity index (χ2v) is 5.85. The van der Waals surface area contributed by atoms with Gasteiger partial charge in [0.15, 0.2) is 0 Å². The van der Waals surface area contributed by atoms with Gasteiger partial charge >= 0.3 is 0 Å². The Bertz CT molecular complexity index is 340. The van der Waals surface area contributed by atoms with Gasteiger partial charge in [0, 0.05) is 19.6 Å². The SMILES string of the molecule is CCCNC1CCCN(CC(=O)N2CCCCC2)C1=O. The molecule has 2 fully saturated rings. The molecular weight excluding hydrogens is 254 g/mol. The van der Waals surface area contributed by atoms with Crippen LogP contribution in [0.4, 0.5) is 0 Å². The fourth-order valence-corrected chi connectivity index (χ4v) is 3.01. The summed E-state index contributed by atoms with van der Waals surface area (Å²) < 4.78 is 0. The molecule has 0 aromatic carbocycles. The van der Waals surface area contributed by atoms with Crippen LogP contribution in [0.1, 0.15) is 45.4 Å². The third kappa shape index (κ3) is 3.95. The average Bonchev–Trinajstić information content (AvgIpc) is 2.49. The minimum atomic E-state index is -0.0853. The molecule has 1 atom stereocenters. The lowest BCUT2D eigenvalue weighted by atomic mass is 10.0. The lowest BCUT2D eigenvalue weighted by Crippen LogP contribution is -2.54. The fraction of sp³-hybridized carbons (Fsp3) is 0.867. The van der Waals surface area contributed by atoms with Crippen molar-refractivity contribution in [2.75, 3.05) is 32.7 Å². The molecule has 2 aliphatic rings. The summed E-state index contributed by atoms with van der Waals surface area (Å²) in [6.45, 7) is 5.67. The monoisotopic (exact) mass is 281 g/mol.